The quantitative estimate of drug-likeness (QED) is 0.465. The van der Waals surface area contributed by atoms with Crippen LogP contribution in [0.4, 0.5) is 0 Å². The molecule has 0 aromatic heterocycles. The van der Waals surface area contributed by atoms with Gasteiger partial charge in [-0.25, -0.2) is 0 Å². The van der Waals surface area contributed by atoms with Gasteiger partial charge in [0.25, 0.3) is 5.91 Å². The fraction of sp³-hybridized carbons (Fsp3) is 0.417. The monoisotopic (exact) mass is 413 g/mol. The summed E-state index contributed by atoms with van der Waals surface area (Å²) in [6.07, 6.45) is 0.0619. The molecule has 2 aromatic rings. The number of ether oxygens (including phenoxy) is 3. The van der Waals surface area contributed by atoms with E-state index in [2.05, 4.69) is 32.2 Å². The van der Waals surface area contributed by atoms with Gasteiger partial charge in [-0.2, -0.15) is 0 Å². The first kappa shape index (κ1) is 23.3. The molecule has 0 atom stereocenters. The molecule has 1 amide bonds. The zero-order chi connectivity index (χ0) is 22.1. The Balaban J connectivity index is 1.68. The average molecular weight is 414 g/mol. The van der Waals surface area contributed by atoms with Crippen LogP contribution in [0.2, 0.25) is 0 Å². The molecule has 0 heterocycles. The summed E-state index contributed by atoms with van der Waals surface area (Å²) < 4.78 is 16.3. The summed E-state index contributed by atoms with van der Waals surface area (Å²) >= 11 is 0. The van der Waals surface area contributed by atoms with E-state index in [1.807, 2.05) is 26.0 Å². The van der Waals surface area contributed by atoms with Crippen LogP contribution >= 0.6 is 0 Å². The van der Waals surface area contributed by atoms with Crippen molar-refractivity contribution in [2.45, 2.75) is 46.6 Å². The molecule has 0 saturated heterocycles. The summed E-state index contributed by atoms with van der Waals surface area (Å²) in [5.74, 6) is 1.03. The zero-order valence-electron chi connectivity index (χ0n) is 18.4. The van der Waals surface area contributed by atoms with Gasteiger partial charge in [0.2, 0.25) is 0 Å². The Hall–Kier alpha value is -3.02. The Morgan fingerprint density at radius 1 is 0.933 bits per heavy atom. The molecule has 0 unspecified atom stereocenters. The molecule has 0 saturated carbocycles. The number of hydrogen-bond donors (Lipinski definition) is 1. The first-order valence-electron chi connectivity index (χ1n) is 10.2. The Morgan fingerprint density at radius 3 is 2.20 bits per heavy atom. The predicted octanol–water partition coefficient (Wildman–Crippen LogP) is 4.26. The molecule has 0 radical (unpaired) electrons. The number of nitrogens with one attached hydrogen (secondary N) is 1. The number of aryl methyl sites for hydroxylation is 1. The molecular weight excluding hydrogens is 382 g/mol. The van der Waals surface area contributed by atoms with E-state index >= 15 is 0 Å². The van der Waals surface area contributed by atoms with Gasteiger partial charge in [-0.3, -0.25) is 9.59 Å². The Labute approximate surface area is 178 Å². The molecule has 0 aliphatic carbocycles. The van der Waals surface area contributed by atoms with Crippen molar-refractivity contribution in [1.29, 1.82) is 0 Å². The molecule has 1 N–H and O–H groups in total. The van der Waals surface area contributed by atoms with E-state index in [1.54, 1.807) is 24.3 Å². The van der Waals surface area contributed by atoms with E-state index in [0.29, 0.717) is 17.2 Å². The molecule has 162 valence electrons. The van der Waals surface area contributed by atoms with E-state index in [1.165, 1.54) is 11.1 Å². The minimum Gasteiger partial charge on any atom is -0.491 e. The van der Waals surface area contributed by atoms with Crippen LogP contribution in [-0.2, 0) is 9.53 Å². The number of carbonyl (C=O) groups excluding carboxylic acids is 2. The van der Waals surface area contributed by atoms with Gasteiger partial charge in [-0.15, -0.1) is 0 Å². The Morgan fingerprint density at radius 2 is 1.60 bits per heavy atom. The van der Waals surface area contributed by atoms with Crippen molar-refractivity contribution < 1.29 is 23.8 Å². The lowest BCUT2D eigenvalue weighted by molar-refractivity contribution is -0.143. The van der Waals surface area contributed by atoms with Crippen LogP contribution < -0.4 is 14.8 Å². The van der Waals surface area contributed by atoms with Gasteiger partial charge in [-0.05, 0) is 74.2 Å². The topological polar surface area (TPSA) is 73.9 Å². The summed E-state index contributed by atoms with van der Waals surface area (Å²) in [6.45, 7) is 10.4. The smallest absolute Gasteiger partial charge is 0.325 e. The molecular formula is C24H31NO5. The van der Waals surface area contributed by atoms with Crippen LogP contribution in [0.15, 0.2) is 42.5 Å². The van der Waals surface area contributed by atoms with Crippen molar-refractivity contribution in [1.82, 2.24) is 5.32 Å². The molecule has 0 bridgehead atoms. The maximum atomic E-state index is 12.1. The number of hydrogen-bond acceptors (Lipinski definition) is 5. The molecule has 0 aliphatic heterocycles. The maximum Gasteiger partial charge on any atom is 0.325 e. The molecule has 0 fully saturated rings. The van der Waals surface area contributed by atoms with Gasteiger partial charge in [0.05, 0.1) is 6.10 Å². The highest BCUT2D eigenvalue weighted by atomic mass is 16.6. The molecule has 2 aromatic carbocycles. The van der Waals surface area contributed by atoms with Crippen LogP contribution in [0.3, 0.4) is 0 Å². The van der Waals surface area contributed by atoms with Gasteiger partial charge < -0.3 is 19.5 Å². The van der Waals surface area contributed by atoms with Crippen molar-refractivity contribution in [3.05, 3.63) is 59.2 Å². The van der Waals surface area contributed by atoms with Crippen LogP contribution in [-0.4, -0.2) is 37.7 Å². The second kappa shape index (κ2) is 11.2. The maximum absolute atomic E-state index is 12.1. The second-order valence-corrected chi connectivity index (χ2v) is 7.62. The van der Waals surface area contributed by atoms with Gasteiger partial charge in [0, 0.05) is 5.56 Å². The van der Waals surface area contributed by atoms with E-state index in [-0.39, 0.29) is 31.8 Å². The fourth-order valence-corrected chi connectivity index (χ4v) is 2.96. The second-order valence-electron chi connectivity index (χ2n) is 7.62. The van der Waals surface area contributed by atoms with Gasteiger partial charge in [-0.1, -0.05) is 19.9 Å². The third-order valence-electron chi connectivity index (χ3n) is 4.36. The highest BCUT2D eigenvalue weighted by Crippen LogP contribution is 2.23. The molecule has 30 heavy (non-hydrogen) atoms. The van der Waals surface area contributed by atoms with Crippen LogP contribution in [0.5, 0.6) is 11.5 Å². The average Bonchev–Trinajstić information content (AvgIpc) is 2.69. The summed E-state index contributed by atoms with van der Waals surface area (Å²) in [5, 5.41) is 2.55. The molecule has 0 spiro atoms. The SMILES string of the molecule is Cc1cc(OCCOC(=O)CNC(=O)c2ccc(OC(C)C)cc2)ccc1C(C)C. The molecule has 6 nitrogen and oxygen atoms in total. The third-order valence-corrected chi connectivity index (χ3v) is 4.36. The minimum absolute atomic E-state index is 0.0619. The van der Waals surface area contributed by atoms with E-state index < -0.39 is 5.97 Å². The molecule has 2 rings (SSSR count). The highest BCUT2D eigenvalue weighted by Gasteiger charge is 2.10. The lowest BCUT2D eigenvalue weighted by atomic mass is 9.98. The number of benzene rings is 2. The van der Waals surface area contributed by atoms with E-state index in [0.717, 1.165) is 5.75 Å². The summed E-state index contributed by atoms with van der Waals surface area (Å²) in [5.41, 5.74) is 2.90. The highest BCUT2D eigenvalue weighted by molar-refractivity contribution is 5.96. The lowest BCUT2D eigenvalue weighted by Crippen LogP contribution is -2.31. The fourth-order valence-electron chi connectivity index (χ4n) is 2.96. The Bertz CT molecular complexity index is 843. The van der Waals surface area contributed by atoms with Gasteiger partial charge >= 0.3 is 5.97 Å². The molecule has 0 aliphatic rings. The predicted molar refractivity (Wildman–Crippen MR) is 116 cm³/mol. The minimum atomic E-state index is -0.516. The number of carbonyl (C=O) groups is 2. The van der Waals surface area contributed by atoms with Crippen LogP contribution in [0.1, 0.15) is 55.1 Å². The largest absolute Gasteiger partial charge is 0.491 e. The van der Waals surface area contributed by atoms with Gasteiger partial charge in [0.1, 0.15) is 31.3 Å². The molecule has 6 heteroatoms. The summed E-state index contributed by atoms with van der Waals surface area (Å²) in [7, 11) is 0. The number of esters is 1. The third kappa shape index (κ3) is 7.43. The number of rotatable bonds is 10. The van der Waals surface area contributed by atoms with Crippen molar-refractivity contribution >= 4 is 11.9 Å². The lowest BCUT2D eigenvalue weighted by Gasteiger charge is -2.13. The van der Waals surface area contributed by atoms with E-state index in [9.17, 15) is 9.59 Å². The summed E-state index contributed by atoms with van der Waals surface area (Å²) in [4.78, 5) is 23.9. The first-order chi connectivity index (χ1) is 14.3. The van der Waals surface area contributed by atoms with E-state index in [4.69, 9.17) is 14.2 Å². The number of amides is 1. The van der Waals surface area contributed by atoms with Crippen molar-refractivity contribution in [3.8, 4) is 11.5 Å². The standard InChI is InChI=1S/C24H31NO5/c1-16(2)22-11-10-21(14-18(22)5)28-12-13-29-23(26)15-25-24(27)19-6-8-20(9-7-19)30-17(3)4/h6-11,14,16-17H,12-13,15H2,1-5H3,(H,25,27). The van der Waals surface area contributed by atoms with Crippen LogP contribution in [0, 0.1) is 6.92 Å². The van der Waals surface area contributed by atoms with Crippen molar-refractivity contribution in [2.75, 3.05) is 19.8 Å². The van der Waals surface area contributed by atoms with Crippen molar-refractivity contribution in [3.63, 3.8) is 0 Å². The van der Waals surface area contributed by atoms with Gasteiger partial charge in [0.15, 0.2) is 0 Å². The Kier molecular flexibility index (Phi) is 8.71. The first-order valence-corrected chi connectivity index (χ1v) is 10.2. The normalized spacial score (nSPS) is 10.8. The zero-order valence-corrected chi connectivity index (χ0v) is 18.4. The van der Waals surface area contributed by atoms with Crippen LogP contribution in [0.25, 0.3) is 0 Å². The summed E-state index contributed by atoms with van der Waals surface area (Å²) in [6, 6.07) is 12.7. The van der Waals surface area contributed by atoms with Crippen molar-refractivity contribution in [2.24, 2.45) is 0 Å².